The van der Waals surface area contributed by atoms with Crippen LogP contribution in [0.1, 0.15) is 18.4 Å². The van der Waals surface area contributed by atoms with E-state index in [-0.39, 0.29) is 29.4 Å². The summed E-state index contributed by atoms with van der Waals surface area (Å²) in [5.41, 5.74) is 0.851. The molecule has 0 radical (unpaired) electrons. The lowest BCUT2D eigenvalue weighted by Gasteiger charge is -2.20. The number of hydrogen-bond donors (Lipinski definition) is 1. The summed E-state index contributed by atoms with van der Waals surface area (Å²) in [5, 5.41) is 2.17. The third kappa shape index (κ3) is 3.20. The molecule has 0 aliphatic carbocycles. The van der Waals surface area contributed by atoms with E-state index in [1.165, 1.54) is 6.07 Å². The van der Waals surface area contributed by atoms with Gasteiger partial charge in [-0.2, -0.15) is 0 Å². The summed E-state index contributed by atoms with van der Waals surface area (Å²) in [5.74, 6) is -1.74. The second-order valence-corrected chi connectivity index (χ2v) is 6.78. The maximum Gasteiger partial charge on any atom is 0.230 e. The Hall–Kier alpha value is -1.69. The number of carbonyl (C=O) groups excluding carboxylic acids is 2. The number of nitrogens with one attached hydrogen (secondary N) is 1. The van der Waals surface area contributed by atoms with Gasteiger partial charge in [0.1, 0.15) is 0 Å². The smallest absolute Gasteiger partial charge is 0.230 e. The number of hydrogen-bond acceptors (Lipinski definition) is 4. The summed E-state index contributed by atoms with van der Waals surface area (Å²) in [4.78, 5) is 22.8. The number of amides is 2. The molecule has 1 aromatic rings. The Morgan fingerprint density at radius 3 is 2.68 bits per heavy atom. The van der Waals surface area contributed by atoms with Gasteiger partial charge in [0.15, 0.2) is 9.84 Å². The first kappa shape index (κ1) is 13.7. The lowest BCUT2D eigenvalue weighted by molar-refractivity contribution is -0.135. The van der Waals surface area contributed by atoms with Crippen LogP contribution < -0.4 is 5.32 Å². The van der Waals surface area contributed by atoms with Gasteiger partial charge in [-0.05, 0) is 31.0 Å². The monoisotopic (exact) mass is 281 g/mol. The molecule has 1 aliphatic rings. The topological polar surface area (TPSA) is 80.3 Å². The predicted octanol–water partition coefficient (Wildman–Crippen LogP) is 0.822. The Bertz CT molecular complexity index is 621. The minimum atomic E-state index is -3.50. The molecule has 0 saturated carbocycles. The third-order valence-corrected chi connectivity index (χ3v) is 4.94. The Morgan fingerprint density at radius 2 is 2.05 bits per heavy atom. The van der Waals surface area contributed by atoms with Crippen molar-refractivity contribution in [1.29, 1.82) is 0 Å². The third-order valence-electron chi connectivity index (χ3n) is 3.12. The number of carbonyl (C=O) groups is 2. The van der Waals surface area contributed by atoms with Gasteiger partial charge in [-0.25, -0.2) is 8.42 Å². The maximum atomic E-state index is 12.2. The van der Waals surface area contributed by atoms with Gasteiger partial charge in [0, 0.05) is 6.42 Å². The van der Waals surface area contributed by atoms with Crippen molar-refractivity contribution in [2.24, 2.45) is 5.92 Å². The molecule has 19 heavy (non-hydrogen) atoms. The van der Waals surface area contributed by atoms with Gasteiger partial charge in [-0.3, -0.25) is 14.9 Å². The maximum absolute atomic E-state index is 12.2. The fraction of sp³-hybridized carbons (Fsp3) is 0.385. The molecule has 0 spiro atoms. The number of sulfone groups is 1. The first-order chi connectivity index (χ1) is 8.88. The summed E-state index contributed by atoms with van der Waals surface area (Å²) >= 11 is 0. The highest BCUT2D eigenvalue weighted by atomic mass is 32.2. The molecule has 1 unspecified atom stereocenters. The number of aryl methyl sites for hydroxylation is 1. The molecule has 102 valence electrons. The van der Waals surface area contributed by atoms with E-state index in [0.717, 1.165) is 5.56 Å². The highest BCUT2D eigenvalue weighted by molar-refractivity contribution is 7.91. The highest BCUT2D eigenvalue weighted by Crippen LogP contribution is 2.20. The van der Waals surface area contributed by atoms with Crippen LogP contribution in [0.3, 0.4) is 0 Å². The zero-order valence-corrected chi connectivity index (χ0v) is 11.4. The molecule has 5 nitrogen and oxygen atoms in total. The molecule has 1 N–H and O–H groups in total. The van der Waals surface area contributed by atoms with Gasteiger partial charge < -0.3 is 0 Å². The summed E-state index contributed by atoms with van der Waals surface area (Å²) in [6.07, 6.45) is 0.482. The molecule has 1 heterocycles. The zero-order valence-electron chi connectivity index (χ0n) is 10.5. The van der Waals surface area contributed by atoms with E-state index in [2.05, 4.69) is 5.32 Å². The summed E-state index contributed by atoms with van der Waals surface area (Å²) in [6.45, 7) is 1.81. The molecule has 6 heteroatoms. The van der Waals surface area contributed by atoms with Crippen molar-refractivity contribution in [3.63, 3.8) is 0 Å². The molecule has 2 amide bonds. The SMILES string of the molecule is Cc1cccc(S(=O)(=O)CC2CCC(=O)NC2=O)c1. The molecule has 0 aromatic heterocycles. The molecule has 1 aliphatic heterocycles. The molecular formula is C13H15NO4S. The molecule has 2 rings (SSSR count). The number of imide groups is 1. The quantitative estimate of drug-likeness (QED) is 0.832. The van der Waals surface area contributed by atoms with Crippen molar-refractivity contribution in [2.45, 2.75) is 24.7 Å². The van der Waals surface area contributed by atoms with Crippen molar-refractivity contribution in [3.05, 3.63) is 29.8 Å². The van der Waals surface area contributed by atoms with Gasteiger partial charge in [0.25, 0.3) is 0 Å². The van der Waals surface area contributed by atoms with Crippen LogP contribution in [0, 0.1) is 12.8 Å². The largest absolute Gasteiger partial charge is 0.296 e. The van der Waals surface area contributed by atoms with E-state index < -0.39 is 21.7 Å². The number of rotatable bonds is 3. The average molecular weight is 281 g/mol. The van der Waals surface area contributed by atoms with E-state index in [1.807, 2.05) is 13.0 Å². The molecule has 1 atom stereocenters. The van der Waals surface area contributed by atoms with Crippen molar-refractivity contribution in [1.82, 2.24) is 5.32 Å². The first-order valence-corrected chi connectivity index (χ1v) is 7.67. The molecule has 1 saturated heterocycles. The zero-order chi connectivity index (χ0) is 14.0. The van der Waals surface area contributed by atoms with Crippen LogP contribution in [0.25, 0.3) is 0 Å². The molecule has 0 bridgehead atoms. The predicted molar refractivity (Wildman–Crippen MR) is 69.1 cm³/mol. The second kappa shape index (κ2) is 5.13. The van der Waals surface area contributed by atoms with E-state index in [9.17, 15) is 18.0 Å². The Kier molecular flexibility index (Phi) is 3.71. The van der Waals surface area contributed by atoms with E-state index in [0.29, 0.717) is 0 Å². The Balaban J connectivity index is 2.18. The highest BCUT2D eigenvalue weighted by Gasteiger charge is 2.31. The fourth-order valence-corrected chi connectivity index (χ4v) is 3.76. The van der Waals surface area contributed by atoms with Crippen molar-refractivity contribution in [2.75, 3.05) is 5.75 Å². The fourth-order valence-electron chi connectivity index (χ4n) is 2.07. The van der Waals surface area contributed by atoms with Gasteiger partial charge in [-0.1, -0.05) is 12.1 Å². The van der Waals surface area contributed by atoms with Crippen LogP contribution >= 0.6 is 0 Å². The van der Waals surface area contributed by atoms with Crippen molar-refractivity contribution in [3.8, 4) is 0 Å². The average Bonchev–Trinajstić information content (AvgIpc) is 2.33. The van der Waals surface area contributed by atoms with E-state index >= 15 is 0 Å². The van der Waals surface area contributed by atoms with E-state index in [1.54, 1.807) is 12.1 Å². The second-order valence-electron chi connectivity index (χ2n) is 4.75. The van der Waals surface area contributed by atoms with Crippen LogP contribution in [0.2, 0.25) is 0 Å². The first-order valence-electron chi connectivity index (χ1n) is 6.01. The van der Waals surface area contributed by atoms with Gasteiger partial charge in [-0.15, -0.1) is 0 Å². The summed E-state index contributed by atoms with van der Waals surface area (Å²) < 4.78 is 24.4. The van der Waals surface area contributed by atoms with Gasteiger partial charge >= 0.3 is 0 Å². The lowest BCUT2D eigenvalue weighted by atomic mass is 10.0. The van der Waals surface area contributed by atoms with Crippen molar-refractivity contribution >= 4 is 21.7 Å². The summed E-state index contributed by atoms with van der Waals surface area (Å²) in [6, 6.07) is 6.59. The Morgan fingerprint density at radius 1 is 1.32 bits per heavy atom. The lowest BCUT2D eigenvalue weighted by Crippen LogP contribution is -2.43. The van der Waals surface area contributed by atoms with Crippen LogP contribution in [0.15, 0.2) is 29.2 Å². The van der Waals surface area contributed by atoms with Crippen LogP contribution in [0.4, 0.5) is 0 Å². The minimum Gasteiger partial charge on any atom is -0.296 e. The normalized spacial score (nSPS) is 20.2. The Labute approximate surface area is 111 Å². The standard InChI is InChI=1S/C13H15NO4S/c1-9-3-2-4-11(7-9)19(17,18)8-10-5-6-12(15)14-13(10)16/h2-4,7,10H,5-6,8H2,1H3,(H,14,15,16). The van der Waals surface area contributed by atoms with Crippen LogP contribution in [-0.2, 0) is 19.4 Å². The molecule has 1 fully saturated rings. The summed E-state index contributed by atoms with van der Waals surface area (Å²) in [7, 11) is -3.50. The molecule has 1 aromatic carbocycles. The number of benzene rings is 1. The van der Waals surface area contributed by atoms with Crippen molar-refractivity contribution < 1.29 is 18.0 Å². The van der Waals surface area contributed by atoms with Crippen LogP contribution in [0.5, 0.6) is 0 Å². The van der Waals surface area contributed by atoms with Gasteiger partial charge in [0.2, 0.25) is 11.8 Å². The molecular weight excluding hydrogens is 266 g/mol. The van der Waals surface area contributed by atoms with E-state index in [4.69, 9.17) is 0 Å². The van der Waals surface area contributed by atoms with Gasteiger partial charge in [0.05, 0.1) is 16.6 Å². The van der Waals surface area contributed by atoms with Crippen LogP contribution in [-0.4, -0.2) is 26.0 Å². The number of piperidine rings is 1. The minimum absolute atomic E-state index is 0.194.